The number of aromatic nitrogens is 4. The molecule has 0 unspecified atom stereocenters. The van der Waals surface area contributed by atoms with Crippen LogP contribution in [0.25, 0.3) is 11.2 Å². The molecule has 0 saturated heterocycles. The second-order valence-electron chi connectivity index (χ2n) is 2.78. The summed E-state index contributed by atoms with van der Waals surface area (Å²) >= 11 is 0. The fourth-order valence-electron chi connectivity index (χ4n) is 1.28. The Morgan fingerprint density at radius 2 is 2.43 bits per heavy atom. The van der Waals surface area contributed by atoms with Gasteiger partial charge in [0.2, 0.25) is 5.95 Å². The van der Waals surface area contributed by atoms with E-state index in [1.807, 2.05) is 0 Å². The van der Waals surface area contributed by atoms with E-state index in [9.17, 15) is 4.79 Å². The van der Waals surface area contributed by atoms with Crippen LogP contribution in [0.1, 0.15) is 0 Å². The molecule has 0 aliphatic heterocycles. The summed E-state index contributed by atoms with van der Waals surface area (Å²) in [5.74, 6) is 0.0387. The molecule has 0 fully saturated rings. The molecule has 0 saturated carbocycles. The average molecular weight is 195 g/mol. The van der Waals surface area contributed by atoms with Crippen molar-refractivity contribution in [2.45, 2.75) is 6.54 Å². The van der Waals surface area contributed by atoms with Crippen LogP contribution in [-0.4, -0.2) is 31.2 Å². The van der Waals surface area contributed by atoms with Gasteiger partial charge in [0.1, 0.15) is 0 Å². The summed E-state index contributed by atoms with van der Waals surface area (Å²) in [6, 6.07) is 0. The van der Waals surface area contributed by atoms with Gasteiger partial charge >= 0.3 is 0 Å². The van der Waals surface area contributed by atoms with E-state index in [0.29, 0.717) is 17.7 Å². The van der Waals surface area contributed by atoms with Crippen LogP contribution >= 0.6 is 0 Å². The molecule has 2 rings (SSSR count). The van der Waals surface area contributed by atoms with Crippen LogP contribution in [0, 0.1) is 0 Å². The molecule has 0 spiro atoms. The number of nitrogens with zero attached hydrogens (tertiary/aromatic N) is 3. The molecule has 2 aromatic rings. The quantitative estimate of drug-likeness (QED) is 0.551. The Morgan fingerprint density at radius 1 is 1.64 bits per heavy atom. The van der Waals surface area contributed by atoms with E-state index >= 15 is 0 Å². The molecule has 0 aliphatic carbocycles. The molecule has 7 heteroatoms. The number of fused-ring (bicyclic) bond motifs is 1. The van der Waals surface area contributed by atoms with Crippen LogP contribution in [0.15, 0.2) is 11.1 Å². The molecule has 2 aromatic heterocycles. The van der Waals surface area contributed by atoms with Gasteiger partial charge in [0.05, 0.1) is 12.9 Å². The third-order valence-corrected chi connectivity index (χ3v) is 1.84. The number of hydrogen-bond donors (Lipinski definition) is 3. The molecule has 0 aromatic carbocycles. The van der Waals surface area contributed by atoms with E-state index in [4.69, 9.17) is 10.8 Å². The van der Waals surface area contributed by atoms with Gasteiger partial charge in [0.15, 0.2) is 11.2 Å². The van der Waals surface area contributed by atoms with Gasteiger partial charge in [0.25, 0.3) is 5.56 Å². The standard InChI is InChI=1S/C7H9N5O2/c8-7-10-5-4(6(14)11-7)12(1-2-13)3-9-5/h3,13H,1-2H2,(H3,8,10,11,14). The van der Waals surface area contributed by atoms with Crippen molar-refractivity contribution in [3.63, 3.8) is 0 Å². The smallest absolute Gasteiger partial charge is 0.278 e. The molecule has 14 heavy (non-hydrogen) atoms. The van der Waals surface area contributed by atoms with Gasteiger partial charge in [-0.05, 0) is 0 Å². The molecule has 0 amide bonds. The zero-order chi connectivity index (χ0) is 10.1. The first kappa shape index (κ1) is 8.70. The predicted octanol–water partition coefficient (Wildman–Crippen LogP) is -1.31. The van der Waals surface area contributed by atoms with E-state index in [0.717, 1.165) is 0 Å². The molecule has 2 heterocycles. The first-order valence-electron chi connectivity index (χ1n) is 4.04. The van der Waals surface area contributed by atoms with Gasteiger partial charge in [-0.25, -0.2) is 4.98 Å². The van der Waals surface area contributed by atoms with Gasteiger partial charge in [-0.15, -0.1) is 0 Å². The maximum absolute atomic E-state index is 11.4. The lowest BCUT2D eigenvalue weighted by Gasteiger charge is -1.98. The van der Waals surface area contributed by atoms with Crippen LogP contribution in [-0.2, 0) is 6.54 Å². The number of H-pyrrole nitrogens is 1. The van der Waals surface area contributed by atoms with Gasteiger partial charge in [0, 0.05) is 6.54 Å². The Kier molecular flexibility index (Phi) is 1.93. The van der Waals surface area contributed by atoms with Crippen molar-refractivity contribution in [2.24, 2.45) is 0 Å². The number of anilines is 1. The van der Waals surface area contributed by atoms with Crippen LogP contribution < -0.4 is 11.3 Å². The summed E-state index contributed by atoms with van der Waals surface area (Å²) in [7, 11) is 0. The lowest BCUT2D eigenvalue weighted by molar-refractivity contribution is 0.277. The zero-order valence-electron chi connectivity index (χ0n) is 7.27. The van der Waals surface area contributed by atoms with E-state index in [1.54, 1.807) is 0 Å². The largest absolute Gasteiger partial charge is 0.395 e. The number of nitrogens with two attached hydrogens (primary N) is 1. The summed E-state index contributed by atoms with van der Waals surface area (Å²) in [5.41, 5.74) is 5.61. The Morgan fingerprint density at radius 3 is 3.14 bits per heavy atom. The van der Waals surface area contributed by atoms with E-state index < -0.39 is 0 Å². The molecule has 4 N–H and O–H groups in total. The van der Waals surface area contributed by atoms with Crippen molar-refractivity contribution < 1.29 is 5.11 Å². The fraction of sp³-hybridized carbons (Fsp3) is 0.286. The summed E-state index contributed by atoms with van der Waals surface area (Å²) in [4.78, 5) is 21.6. The third-order valence-electron chi connectivity index (χ3n) is 1.84. The number of hydrogen-bond acceptors (Lipinski definition) is 5. The second-order valence-corrected chi connectivity index (χ2v) is 2.78. The summed E-state index contributed by atoms with van der Waals surface area (Å²) in [6.45, 7) is 0.250. The van der Waals surface area contributed by atoms with Gasteiger partial charge in [-0.1, -0.05) is 0 Å². The Hall–Kier alpha value is -1.89. The molecule has 0 bridgehead atoms. The lowest BCUT2D eigenvalue weighted by Crippen LogP contribution is -2.15. The number of nitrogen functional groups attached to an aromatic ring is 1. The Balaban J connectivity index is 2.73. The molecule has 0 radical (unpaired) electrons. The van der Waals surface area contributed by atoms with E-state index in [-0.39, 0.29) is 18.1 Å². The van der Waals surface area contributed by atoms with Crippen molar-refractivity contribution >= 4 is 17.1 Å². The lowest BCUT2D eigenvalue weighted by atomic mass is 10.5. The number of nitrogens with one attached hydrogen (secondary N) is 1. The topological polar surface area (TPSA) is 110 Å². The highest BCUT2D eigenvalue weighted by atomic mass is 16.3. The van der Waals surface area contributed by atoms with Gasteiger partial charge in [-0.2, -0.15) is 4.98 Å². The minimum atomic E-state index is -0.349. The Labute approximate surface area is 78.2 Å². The predicted molar refractivity (Wildman–Crippen MR) is 49.6 cm³/mol. The van der Waals surface area contributed by atoms with Crippen LogP contribution in [0.5, 0.6) is 0 Å². The minimum Gasteiger partial charge on any atom is -0.395 e. The molecule has 0 aliphatic rings. The molecular weight excluding hydrogens is 186 g/mol. The number of imidazole rings is 1. The fourth-order valence-corrected chi connectivity index (χ4v) is 1.28. The van der Waals surface area contributed by atoms with Crippen molar-refractivity contribution in [1.82, 2.24) is 19.5 Å². The first-order chi connectivity index (χ1) is 6.72. The highest BCUT2D eigenvalue weighted by molar-refractivity contribution is 5.70. The minimum absolute atomic E-state index is 0.0387. The summed E-state index contributed by atoms with van der Waals surface area (Å²) < 4.78 is 1.53. The average Bonchev–Trinajstić information content (AvgIpc) is 2.49. The maximum Gasteiger partial charge on any atom is 0.278 e. The zero-order valence-corrected chi connectivity index (χ0v) is 7.27. The molecule has 0 atom stereocenters. The first-order valence-corrected chi connectivity index (χ1v) is 4.04. The van der Waals surface area contributed by atoms with Gasteiger partial charge < -0.3 is 15.4 Å². The van der Waals surface area contributed by atoms with Crippen molar-refractivity contribution in [2.75, 3.05) is 12.3 Å². The van der Waals surface area contributed by atoms with Crippen LogP contribution in [0.4, 0.5) is 5.95 Å². The van der Waals surface area contributed by atoms with E-state index in [1.165, 1.54) is 10.9 Å². The summed E-state index contributed by atoms with van der Waals surface area (Å²) in [5, 5.41) is 8.74. The molecular formula is C7H9N5O2. The number of aliphatic hydroxyl groups excluding tert-OH is 1. The number of aliphatic hydroxyl groups is 1. The van der Waals surface area contributed by atoms with Crippen LogP contribution in [0.3, 0.4) is 0 Å². The van der Waals surface area contributed by atoms with Crippen molar-refractivity contribution in [3.8, 4) is 0 Å². The number of aromatic amines is 1. The summed E-state index contributed by atoms with van der Waals surface area (Å²) in [6.07, 6.45) is 1.45. The molecule has 7 nitrogen and oxygen atoms in total. The van der Waals surface area contributed by atoms with Crippen molar-refractivity contribution in [3.05, 3.63) is 16.7 Å². The SMILES string of the molecule is Nc1nc2ncn(CCO)c2c(=O)[nH]1. The van der Waals surface area contributed by atoms with Crippen molar-refractivity contribution in [1.29, 1.82) is 0 Å². The molecule has 74 valence electrons. The van der Waals surface area contributed by atoms with Crippen LogP contribution in [0.2, 0.25) is 0 Å². The number of rotatable bonds is 2. The highest BCUT2D eigenvalue weighted by Gasteiger charge is 2.08. The monoisotopic (exact) mass is 195 g/mol. The second kappa shape index (κ2) is 3.11. The third kappa shape index (κ3) is 1.23. The van der Waals surface area contributed by atoms with E-state index in [2.05, 4.69) is 15.0 Å². The maximum atomic E-state index is 11.4. The Bertz CT molecular complexity index is 514. The van der Waals surface area contributed by atoms with Gasteiger partial charge in [-0.3, -0.25) is 9.78 Å². The normalized spacial score (nSPS) is 10.9. The highest BCUT2D eigenvalue weighted by Crippen LogP contribution is 2.04.